The van der Waals surface area contributed by atoms with Crippen LogP contribution in [0.2, 0.25) is 0 Å². The highest BCUT2D eigenvalue weighted by molar-refractivity contribution is 9.10. The van der Waals surface area contributed by atoms with Crippen LogP contribution in [0.15, 0.2) is 58.2 Å². The first-order chi connectivity index (χ1) is 11.1. The zero-order chi connectivity index (χ0) is 16.7. The minimum atomic E-state index is -0.718. The molecular weight excluding hydrogens is 360 g/mol. The SMILES string of the molecule is COc1ccccc1/C=N\O[C@H](C)C(=O)Nc1ccc(Br)cc1. The second kappa shape index (κ2) is 8.33. The number of methoxy groups -OCH3 is 1. The van der Waals surface area contributed by atoms with Gasteiger partial charge in [-0.3, -0.25) is 4.79 Å². The van der Waals surface area contributed by atoms with Crippen molar-refractivity contribution in [3.63, 3.8) is 0 Å². The summed E-state index contributed by atoms with van der Waals surface area (Å²) in [6, 6.07) is 14.7. The first kappa shape index (κ1) is 17.0. The van der Waals surface area contributed by atoms with Crippen molar-refractivity contribution in [1.82, 2.24) is 0 Å². The third-order valence-electron chi connectivity index (χ3n) is 3.03. The van der Waals surface area contributed by atoms with Crippen LogP contribution in [0.4, 0.5) is 5.69 Å². The standard InChI is InChI=1S/C17H17BrN2O3/c1-12(17(21)20-15-9-7-14(18)8-10-15)23-19-11-13-5-3-4-6-16(13)22-2/h3-12H,1-2H3,(H,20,21)/b19-11-/t12-/m1/s1. The minimum Gasteiger partial charge on any atom is -0.496 e. The molecule has 0 bridgehead atoms. The summed E-state index contributed by atoms with van der Waals surface area (Å²) in [4.78, 5) is 17.2. The maximum absolute atomic E-state index is 12.0. The lowest BCUT2D eigenvalue weighted by atomic mass is 10.2. The van der Waals surface area contributed by atoms with Crippen LogP contribution >= 0.6 is 15.9 Å². The Morgan fingerprint density at radius 1 is 1.22 bits per heavy atom. The van der Waals surface area contributed by atoms with Crippen LogP contribution in [-0.2, 0) is 9.63 Å². The second-order valence-corrected chi connectivity index (χ2v) is 5.64. The van der Waals surface area contributed by atoms with Gasteiger partial charge in [-0.2, -0.15) is 0 Å². The predicted octanol–water partition coefficient (Wildman–Crippen LogP) is 3.84. The van der Waals surface area contributed by atoms with E-state index >= 15 is 0 Å². The Hall–Kier alpha value is -2.34. The number of amides is 1. The molecule has 5 nitrogen and oxygen atoms in total. The number of hydrogen-bond donors (Lipinski definition) is 1. The van der Waals surface area contributed by atoms with Crippen molar-refractivity contribution in [2.75, 3.05) is 12.4 Å². The highest BCUT2D eigenvalue weighted by atomic mass is 79.9. The summed E-state index contributed by atoms with van der Waals surface area (Å²) in [5.74, 6) is 0.413. The van der Waals surface area contributed by atoms with Crippen molar-refractivity contribution in [2.24, 2.45) is 5.16 Å². The van der Waals surface area contributed by atoms with Crippen LogP contribution in [0.5, 0.6) is 5.75 Å². The molecule has 1 atom stereocenters. The Morgan fingerprint density at radius 2 is 1.91 bits per heavy atom. The lowest BCUT2D eigenvalue weighted by Crippen LogP contribution is -2.26. The molecule has 120 valence electrons. The molecule has 6 heteroatoms. The van der Waals surface area contributed by atoms with E-state index in [0.29, 0.717) is 11.4 Å². The van der Waals surface area contributed by atoms with Crippen molar-refractivity contribution in [2.45, 2.75) is 13.0 Å². The molecule has 2 rings (SSSR count). The van der Waals surface area contributed by atoms with Gasteiger partial charge in [0.05, 0.1) is 13.3 Å². The fourth-order valence-corrected chi connectivity index (χ4v) is 2.04. The zero-order valence-electron chi connectivity index (χ0n) is 12.8. The number of halogens is 1. The van der Waals surface area contributed by atoms with Gasteiger partial charge in [-0.05, 0) is 43.3 Å². The summed E-state index contributed by atoms with van der Waals surface area (Å²) in [5, 5.41) is 6.61. The van der Waals surface area contributed by atoms with Crippen LogP contribution in [0.25, 0.3) is 0 Å². The molecule has 0 aliphatic rings. The molecule has 2 aromatic carbocycles. The van der Waals surface area contributed by atoms with E-state index in [2.05, 4.69) is 26.4 Å². The van der Waals surface area contributed by atoms with Gasteiger partial charge >= 0.3 is 0 Å². The molecule has 0 saturated carbocycles. The Morgan fingerprint density at radius 3 is 2.61 bits per heavy atom. The van der Waals surface area contributed by atoms with E-state index in [1.54, 1.807) is 26.2 Å². The Bertz CT molecular complexity index is 686. The number of ether oxygens (including phenoxy) is 1. The quantitative estimate of drug-likeness (QED) is 0.615. The van der Waals surface area contributed by atoms with Crippen LogP contribution in [0, 0.1) is 0 Å². The molecule has 0 aliphatic carbocycles. The molecule has 1 N–H and O–H groups in total. The minimum absolute atomic E-state index is 0.274. The molecule has 2 aromatic rings. The maximum atomic E-state index is 12.0. The number of rotatable bonds is 6. The smallest absolute Gasteiger partial charge is 0.267 e. The fraction of sp³-hybridized carbons (Fsp3) is 0.176. The van der Waals surface area contributed by atoms with Gasteiger partial charge in [-0.1, -0.05) is 33.2 Å². The second-order valence-electron chi connectivity index (χ2n) is 4.72. The van der Waals surface area contributed by atoms with Crippen molar-refractivity contribution in [3.05, 3.63) is 58.6 Å². The van der Waals surface area contributed by atoms with E-state index in [1.807, 2.05) is 36.4 Å². The number of benzene rings is 2. The molecule has 0 radical (unpaired) electrons. The fourth-order valence-electron chi connectivity index (χ4n) is 1.78. The summed E-state index contributed by atoms with van der Waals surface area (Å²) in [6.45, 7) is 1.63. The number of para-hydroxylation sites is 1. The first-order valence-electron chi connectivity index (χ1n) is 6.99. The molecule has 23 heavy (non-hydrogen) atoms. The Kier molecular flexibility index (Phi) is 6.17. The lowest BCUT2D eigenvalue weighted by molar-refractivity contribution is -0.126. The summed E-state index contributed by atoms with van der Waals surface area (Å²) in [5.41, 5.74) is 1.47. The molecule has 0 aliphatic heterocycles. The van der Waals surface area contributed by atoms with Crippen LogP contribution in [0.1, 0.15) is 12.5 Å². The van der Waals surface area contributed by atoms with Gasteiger partial charge in [0, 0.05) is 15.7 Å². The van der Waals surface area contributed by atoms with Gasteiger partial charge in [0.15, 0.2) is 0 Å². The first-order valence-corrected chi connectivity index (χ1v) is 7.78. The predicted molar refractivity (Wildman–Crippen MR) is 93.9 cm³/mol. The van der Waals surface area contributed by atoms with Crippen LogP contribution in [-0.4, -0.2) is 25.3 Å². The van der Waals surface area contributed by atoms with E-state index < -0.39 is 6.10 Å². The highest BCUT2D eigenvalue weighted by Gasteiger charge is 2.14. The van der Waals surface area contributed by atoms with Gasteiger partial charge in [-0.25, -0.2) is 0 Å². The Labute approximate surface area is 143 Å². The van der Waals surface area contributed by atoms with E-state index in [-0.39, 0.29) is 5.91 Å². The van der Waals surface area contributed by atoms with E-state index in [9.17, 15) is 4.79 Å². The van der Waals surface area contributed by atoms with Gasteiger partial charge in [0.25, 0.3) is 5.91 Å². The summed E-state index contributed by atoms with van der Waals surface area (Å²) >= 11 is 3.34. The van der Waals surface area contributed by atoms with Crippen molar-refractivity contribution < 1.29 is 14.4 Å². The van der Waals surface area contributed by atoms with E-state index in [0.717, 1.165) is 10.0 Å². The highest BCUT2D eigenvalue weighted by Crippen LogP contribution is 2.16. The third-order valence-corrected chi connectivity index (χ3v) is 3.56. The van der Waals surface area contributed by atoms with E-state index in [1.165, 1.54) is 6.21 Å². The molecule has 1 amide bonds. The lowest BCUT2D eigenvalue weighted by Gasteiger charge is -2.10. The molecule has 0 unspecified atom stereocenters. The maximum Gasteiger partial charge on any atom is 0.267 e. The van der Waals surface area contributed by atoms with Gasteiger partial charge in [-0.15, -0.1) is 0 Å². The van der Waals surface area contributed by atoms with Crippen molar-refractivity contribution in [1.29, 1.82) is 0 Å². The van der Waals surface area contributed by atoms with Gasteiger partial charge in [0.2, 0.25) is 6.10 Å². The molecule has 0 fully saturated rings. The molecule has 0 aromatic heterocycles. The van der Waals surface area contributed by atoms with Crippen LogP contribution < -0.4 is 10.1 Å². The number of carbonyl (C=O) groups is 1. The number of oxime groups is 1. The summed E-state index contributed by atoms with van der Waals surface area (Å²) in [6.07, 6.45) is 0.798. The monoisotopic (exact) mass is 376 g/mol. The summed E-state index contributed by atoms with van der Waals surface area (Å²) < 4.78 is 6.15. The number of nitrogens with one attached hydrogen (secondary N) is 1. The number of anilines is 1. The largest absolute Gasteiger partial charge is 0.496 e. The summed E-state index contributed by atoms with van der Waals surface area (Å²) in [7, 11) is 1.59. The number of nitrogens with zero attached hydrogens (tertiary/aromatic N) is 1. The average molecular weight is 377 g/mol. The average Bonchev–Trinajstić information content (AvgIpc) is 2.57. The third kappa shape index (κ3) is 5.10. The molecule has 0 heterocycles. The normalized spacial score (nSPS) is 12.0. The molecule has 0 saturated heterocycles. The molecular formula is C17H17BrN2O3. The van der Waals surface area contributed by atoms with E-state index in [4.69, 9.17) is 9.57 Å². The van der Waals surface area contributed by atoms with Gasteiger partial charge in [0.1, 0.15) is 5.75 Å². The molecule has 0 spiro atoms. The zero-order valence-corrected chi connectivity index (χ0v) is 14.4. The Balaban J connectivity index is 1.90. The van der Waals surface area contributed by atoms with Crippen molar-refractivity contribution >= 4 is 33.7 Å². The van der Waals surface area contributed by atoms with Crippen LogP contribution in [0.3, 0.4) is 0 Å². The van der Waals surface area contributed by atoms with Crippen molar-refractivity contribution in [3.8, 4) is 5.75 Å². The topological polar surface area (TPSA) is 59.9 Å². The van der Waals surface area contributed by atoms with Gasteiger partial charge < -0.3 is 14.9 Å². The number of carbonyl (C=O) groups excluding carboxylic acids is 1. The number of hydrogen-bond acceptors (Lipinski definition) is 4.